The van der Waals surface area contributed by atoms with Crippen LogP contribution in [0.25, 0.3) is 0 Å². The van der Waals surface area contributed by atoms with Crippen LogP contribution in [0.15, 0.2) is 6.33 Å². The molecule has 0 saturated carbocycles. The number of nitrogens with zero attached hydrogens (tertiary/aromatic N) is 1. The number of H-pyrrole nitrogens is 1. The Morgan fingerprint density at radius 3 is 2.64 bits per heavy atom. The molecule has 4 nitrogen and oxygen atoms in total. The average molecular weight is 155 g/mol. The summed E-state index contributed by atoms with van der Waals surface area (Å²) in [6.45, 7) is 5.68. The molecule has 0 radical (unpaired) electrons. The Kier molecular flexibility index (Phi) is 1.97. The minimum Gasteiger partial charge on any atom is -0.348 e. The molecule has 11 heavy (non-hydrogen) atoms. The fourth-order valence-corrected chi connectivity index (χ4v) is 1.02. The SMILES string of the molecule is Cc1[nH]cnc1C(C)(C)ON. The molecule has 1 heterocycles. The number of aromatic nitrogens is 2. The molecule has 0 fully saturated rings. The quantitative estimate of drug-likeness (QED) is 0.622. The van der Waals surface area contributed by atoms with Gasteiger partial charge in [0.1, 0.15) is 5.60 Å². The van der Waals surface area contributed by atoms with Crippen LogP contribution in [-0.2, 0) is 10.4 Å². The lowest BCUT2D eigenvalue weighted by atomic mass is 10.0. The fraction of sp³-hybridized carbons (Fsp3) is 0.571. The number of nitrogens with one attached hydrogen (secondary N) is 1. The second-order valence-electron chi connectivity index (χ2n) is 3.00. The van der Waals surface area contributed by atoms with Gasteiger partial charge >= 0.3 is 0 Å². The molecular weight excluding hydrogens is 142 g/mol. The zero-order valence-corrected chi connectivity index (χ0v) is 7.01. The third-order valence-electron chi connectivity index (χ3n) is 1.69. The zero-order chi connectivity index (χ0) is 8.48. The molecule has 4 heteroatoms. The summed E-state index contributed by atoms with van der Waals surface area (Å²) in [5, 5.41) is 0. The van der Waals surface area contributed by atoms with Gasteiger partial charge in [-0.05, 0) is 20.8 Å². The van der Waals surface area contributed by atoms with Crippen molar-refractivity contribution in [3.8, 4) is 0 Å². The van der Waals surface area contributed by atoms with E-state index in [1.54, 1.807) is 6.33 Å². The number of aromatic amines is 1. The summed E-state index contributed by atoms with van der Waals surface area (Å²) in [7, 11) is 0. The molecule has 1 aromatic heterocycles. The van der Waals surface area contributed by atoms with E-state index in [4.69, 9.17) is 10.7 Å². The van der Waals surface area contributed by atoms with Gasteiger partial charge in [0, 0.05) is 5.69 Å². The highest BCUT2D eigenvalue weighted by atomic mass is 16.6. The van der Waals surface area contributed by atoms with Crippen molar-refractivity contribution in [1.29, 1.82) is 0 Å². The van der Waals surface area contributed by atoms with Crippen molar-refractivity contribution >= 4 is 0 Å². The maximum absolute atomic E-state index is 5.11. The van der Waals surface area contributed by atoms with Crippen LogP contribution in [-0.4, -0.2) is 9.97 Å². The molecule has 1 aromatic rings. The lowest BCUT2D eigenvalue weighted by molar-refractivity contribution is -0.0269. The van der Waals surface area contributed by atoms with E-state index in [0.717, 1.165) is 11.4 Å². The summed E-state index contributed by atoms with van der Waals surface area (Å²) in [5.74, 6) is 5.11. The molecule has 62 valence electrons. The number of imidazole rings is 1. The van der Waals surface area contributed by atoms with E-state index in [2.05, 4.69) is 9.97 Å². The van der Waals surface area contributed by atoms with Crippen molar-refractivity contribution in [3.05, 3.63) is 17.7 Å². The third kappa shape index (κ3) is 1.41. The first-order valence-electron chi connectivity index (χ1n) is 3.46. The van der Waals surface area contributed by atoms with E-state index in [1.807, 2.05) is 20.8 Å². The van der Waals surface area contributed by atoms with E-state index >= 15 is 0 Å². The van der Waals surface area contributed by atoms with Gasteiger partial charge in [-0.15, -0.1) is 0 Å². The van der Waals surface area contributed by atoms with Crippen molar-refractivity contribution in [1.82, 2.24) is 9.97 Å². The first kappa shape index (κ1) is 8.23. The van der Waals surface area contributed by atoms with Gasteiger partial charge < -0.3 is 4.98 Å². The van der Waals surface area contributed by atoms with Crippen LogP contribution >= 0.6 is 0 Å². The predicted octanol–water partition coefficient (Wildman–Crippen LogP) is 0.844. The highest BCUT2D eigenvalue weighted by molar-refractivity contribution is 5.15. The molecule has 0 spiro atoms. The molecular formula is C7H13N3O. The van der Waals surface area contributed by atoms with Crippen LogP contribution in [0.2, 0.25) is 0 Å². The van der Waals surface area contributed by atoms with Gasteiger partial charge in [-0.2, -0.15) is 0 Å². The first-order valence-corrected chi connectivity index (χ1v) is 3.46. The second kappa shape index (κ2) is 2.64. The maximum Gasteiger partial charge on any atom is 0.127 e. The first-order chi connectivity index (χ1) is 5.08. The molecule has 0 saturated heterocycles. The van der Waals surface area contributed by atoms with E-state index in [9.17, 15) is 0 Å². The van der Waals surface area contributed by atoms with Gasteiger partial charge in [-0.25, -0.2) is 10.9 Å². The predicted molar refractivity (Wildman–Crippen MR) is 41.6 cm³/mol. The van der Waals surface area contributed by atoms with Crippen molar-refractivity contribution in [3.63, 3.8) is 0 Å². The van der Waals surface area contributed by atoms with Crippen LogP contribution in [0.1, 0.15) is 25.2 Å². The summed E-state index contributed by atoms with van der Waals surface area (Å²) in [6, 6.07) is 0. The summed E-state index contributed by atoms with van der Waals surface area (Å²) in [6.07, 6.45) is 1.63. The highest BCUT2D eigenvalue weighted by Gasteiger charge is 2.24. The van der Waals surface area contributed by atoms with Crippen molar-refractivity contribution in [2.45, 2.75) is 26.4 Å². The van der Waals surface area contributed by atoms with E-state index < -0.39 is 5.60 Å². The smallest absolute Gasteiger partial charge is 0.127 e. The highest BCUT2D eigenvalue weighted by Crippen LogP contribution is 2.22. The zero-order valence-electron chi connectivity index (χ0n) is 7.01. The molecule has 0 atom stereocenters. The van der Waals surface area contributed by atoms with Gasteiger partial charge in [0.15, 0.2) is 0 Å². The Bertz CT molecular complexity index is 242. The number of hydrogen-bond acceptors (Lipinski definition) is 3. The Morgan fingerprint density at radius 1 is 1.64 bits per heavy atom. The van der Waals surface area contributed by atoms with Gasteiger partial charge in [-0.3, -0.25) is 4.84 Å². The molecule has 3 N–H and O–H groups in total. The molecule has 0 aliphatic heterocycles. The molecule has 0 aliphatic rings. The molecule has 1 rings (SSSR count). The van der Waals surface area contributed by atoms with Crippen molar-refractivity contribution in [2.75, 3.05) is 0 Å². The van der Waals surface area contributed by atoms with Crippen LogP contribution in [0.5, 0.6) is 0 Å². The number of aryl methyl sites for hydroxylation is 1. The summed E-state index contributed by atoms with van der Waals surface area (Å²) < 4.78 is 0. The molecule has 0 amide bonds. The molecule has 0 unspecified atom stereocenters. The second-order valence-corrected chi connectivity index (χ2v) is 3.00. The Morgan fingerprint density at radius 2 is 2.27 bits per heavy atom. The topological polar surface area (TPSA) is 63.9 Å². The van der Waals surface area contributed by atoms with Gasteiger partial charge in [-0.1, -0.05) is 0 Å². The van der Waals surface area contributed by atoms with E-state index in [1.165, 1.54) is 0 Å². The van der Waals surface area contributed by atoms with Crippen LogP contribution in [0, 0.1) is 6.92 Å². The Balaban J connectivity index is 3.00. The monoisotopic (exact) mass is 155 g/mol. The fourth-order valence-electron chi connectivity index (χ4n) is 1.02. The molecule has 0 bridgehead atoms. The normalized spacial score (nSPS) is 12.0. The molecule has 0 aromatic carbocycles. The minimum atomic E-state index is -0.510. The maximum atomic E-state index is 5.11. The van der Waals surface area contributed by atoms with Crippen molar-refractivity contribution < 1.29 is 4.84 Å². The third-order valence-corrected chi connectivity index (χ3v) is 1.69. The van der Waals surface area contributed by atoms with E-state index in [-0.39, 0.29) is 0 Å². The molecule has 0 aliphatic carbocycles. The summed E-state index contributed by atoms with van der Waals surface area (Å²) in [5.41, 5.74) is 1.32. The van der Waals surface area contributed by atoms with Gasteiger partial charge in [0.2, 0.25) is 0 Å². The lowest BCUT2D eigenvalue weighted by Crippen LogP contribution is -2.26. The number of rotatable bonds is 2. The van der Waals surface area contributed by atoms with Gasteiger partial charge in [0.05, 0.1) is 12.0 Å². The number of hydrogen-bond donors (Lipinski definition) is 2. The van der Waals surface area contributed by atoms with Crippen LogP contribution < -0.4 is 5.90 Å². The largest absolute Gasteiger partial charge is 0.348 e. The standard InChI is InChI=1S/C7H13N3O/c1-5-6(10-4-9-5)7(2,3)11-8/h4H,8H2,1-3H3,(H,9,10). The summed E-state index contributed by atoms with van der Waals surface area (Å²) in [4.78, 5) is 11.8. The lowest BCUT2D eigenvalue weighted by Gasteiger charge is -2.19. The summed E-state index contributed by atoms with van der Waals surface area (Å²) >= 11 is 0. The minimum absolute atomic E-state index is 0.510. The van der Waals surface area contributed by atoms with E-state index in [0.29, 0.717) is 0 Å². The average Bonchev–Trinajstić information content (AvgIpc) is 2.36. The van der Waals surface area contributed by atoms with Gasteiger partial charge in [0.25, 0.3) is 0 Å². The Hall–Kier alpha value is -0.870. The Labute approximate surface area is 65.7 Å². The number of nitrogens with two attached hydrogens (primary N) is 1. The van der Waals surface area contributed by atoms with Crippen LogP contribution in [0.4, 0.5) is 0 Å². The van der Waals surface area contributed by atoms with Crippen LogP contribution in [0.3, 0.4) is 0 Å². The van der Waals surface area contributed by atoms with Crippen molar-refractivity contribution in [2.24, 2.45) is 5.90 Å².